The fourth-order valence-corrected chi connectivity index (χ4v) is 6.15. The number of ether oxygens (including phenoxy) is 3. The summed E-state index contributed by atoms with van der Waals surface area (Å²) in [5.74, 6) is -0.609. The van der Waals surface area contributed by atoms with Gasteiger partial charge in [0.2, 0.25) is 0 Å². The molecular formula is C37H53N3O7. The molecule has 0 saturated carbocycles. The normalized spacial score (nSPS) is 29.3. The number of nitrogens with zero attached hydrogens (tertiary/aromatic N) is 3. The van der Waals surface area contributed by atoms with Crippen LogP contribution >= 0.6 is 0 Å². The molecule has 3 aliphatic heterocycles. The lowest BCUT2D eigenvalue weighted by atomic mass is 9.87. The lowest BCUT2D eigenvalue weighted by Crippen LogP contribution is -2.50. The van der Waals surface area contributed by atoms with Gasteiger partial charge in [0.15, 0.2) is 6.10 Å². The highest BCUT2D eigenvalue weighted by Crippen LogP contribution is 2.30. The van der Waals surface area contributed by atoms with E-state index in [0.717, 1.165) is 36.3 Å². The first kappa shape index (κ1) is 36.2. The molecule has 258 valence electrons. The summed E-state index contributed by atoms with van der Waals surface area (Å²) < 4.78 is 17.5. The predicted molar refractivity (Wildman–Crippen MR) is 182 cm³/mol. The molecule has 3 aliphatic rings. The Bertz CT molecular complexity index is 1330. The van der Waals surface area contributed by atoms with Crippen molar-refractivity contribution in [1.29, 1.82) is 0 Å². The van der Waals surface area contributed by atoms with Crippen LogP contribution in [0.3, 0.4) is 0 Å². The van der Waals surface area contributed by atoms with Crippen molar-refractivity contribution in [3.63, 3.8) is 0 Å². The summed E-state index contributed by atoms with van der Waals surface area (Å²) >= 11 is 0. The molecule has 0 aliphatic carbocycles. The number of fused-ring (bicyclic) bond motifs is 1. The van der Waals surface area contributed by atoms with Crippen LogP contribution in [0.25, 0.3) is 0 Å². The van der Waals surface area contributed by atoms with Gasteiger partial charge in [0.1, 0.15) is 11.7 Å². The van der Waals surface area contributed by atoms with Crippen molar-refractivity contribution in [2.45, 2.75) is 78.1 Å². The van der Waals surface area contributed by atoms with Crippen molar-refractivity contribution < 1.29 is 33.7 Å². The number of para-hydroxylation sites is 1. The molecule has 1 fully saturated rings. The summed E-state index contributed by atoms with van der Waals surface area (Å²) in [6.45, 7) is 13.0. The average molecular weight is 652 g/mol. The van der Waals surface area contributed by atoms with Gasteiger partial charge in [0.05, 0.1) is 12.3 Å². The molecule has 0 unspecified atom stereocenters. The van der Waals surface area contributed by atoms with E-state index in [4.69, 9.17) is 14.2 Å². The Kier molecular flexibility index (Phi) is 12.7. The van der Waals surface area contributed by atoms with Crippen molar-refractivity contribution in [2.75, 3.05) is 51.3 Å². The molecule has 10 nitrogen and oxygen atoms in total. The maximum Gasteiger partial charge on any atom is 0.414 e. The van der Waals surface area contributed by atoms with E-state index in [1.807, 2.05) is 83.3 Å². The van der Waals surface area contributed by atoms with Crippen LogP contribution in [0.15, 0.2) is 60.2 Å². The number of cyclic esters (lactones) is 1. The molecule has 1 saturated heterocycles. The third-order valence-corrected chi connectivity index (χ3v) is 9.41. The van der Waals surface area contributed by atoms with Crippen LogP contribution in [-0.2, 0) is 25.4 Å². The first-order valence-electron chi connectivity index (χ1n) is 17.0. The van der Waals surface area contributed by atoms with Crippen molar-refractivity contribution in [1.82, 2.24) is 9.80 Å². The lowest BCUT2D eigenvalue weighted by molar-refractivity contribution is -0.150. The quantitative estimate of drug-likeness (QED) is 0.179. The van der Waals surface area contributed by atoms with Gasteiger partial charge in [-0.3, -0.25) is 9.69 Å². The third kappa shape index (κ3) is 10.2. The SMILES string of the molecule is C/C(=C\C=C\[C@@H](C)COC(=O)N1CCc2ccccc21)[C@H]1OC(=O)C[C@H](C)CC[C@@](C)(O)[C@@H](OC(=O)N2CCN(C)CC2)/C=C/[C@@H]1C. The highest BCUT2D eigenvalue weighted by atomic mass is 16.6. The summed E-state index contributed by atoms with van der Waals surface area (Å²) in [7, 11) is 2.02. The molecule has 1 aromatic carbocycles. The van der Waals surface area contributed by atoms with Crippen LogP contribution in [0.5, 0.6) is 0 Å². The zero-order valence-electron chi connectivity index (χ0n) is 28.9. The Balaban J connectivity index is 1.41. The number of hydrogen-bond acceptors (Lipinski definition) is 8. The molecule has 0 radical (unpaired) electrons. The number of carbonyl (C=O) groups is 3. The smallest absolute Gasteiger partial charge is 0.414 e. The zero-order valence-corrected chi connectivity index (χ0v) is 28.9. The number of allylic oxidation sites excluding steroid dienone is 2. The summed E-state index contributed by atoms with van der Waals surface area (Å²) in [6, 6.07) is 7.88. The highest BCUT2D eigenvalue weighted by Gasteiger charge is 2.36. The molecule has 10 heteroatoms. The van der Waals surface area contributed by atoms with E-state index >= 15 is 0 Å². The minimum atomic E-state index is -1.31. The molecule has 0 spiro atoms. The van der Waals surface area contributed by atoms with E-state index in [9.17, 15) is 19.5 Å². The molecule has 47 heavy (non-hydrogen) atoms. The summed E-state index contributed by atoms with van der Waals surface area (Å²) in [5, 5.41) is 11.5. The molecule has 2 amide bonds. The standard InChI is InChI=1S/C37H53N3O7/c1-26-16-18-37(5,44)32(46-35(42)39-22-20-38(6)21-23-39)15-14-29(4)34(47-33(41)24-26)28(3)11-9-10-27(2)25-45-36(43)40-19-17-30-12-7-8-13-31(30)40/h7-15,26-27,29,32,34,44H,16-25H2,1-6H3/b10-9+,15-14+,28-11+/t26-,27-,29+,32+,34-,37-/m1/s1. The maximum atomic E-state index is 13.1. The van der Waals surface area contributed by atoms with Gasteiger partial charge in [0.25, 0.3) is 0 Å². The number of hydrogen-bond donors (Lipinski definition) is 1. The number of benzene rings is 1. The Morgan fingerprint density at radius 2 is 1.83 bits per heavy atom. The second-order valence-corrected chi connectivity index (χ2v) is 13.8. The second-order valence-electron chi connectivity index (χ2n) is 13.8. The van der Waals surface area contributed by atoms with Crippen LogP contribution in [0, 0.1) is 17.8 Å². The van der Waals surface area contributed by atoms with Crippen molar-refractivity contribution >= 4 is 23.8 Å². The van der Waals surface area contributed by atoms with Crippen LogP contribution in [-0.4, -0.2) is 97.2 Å². The van der Waals surface area contributed by atoms with Crippen LogP contribution < -0.4 is 4.90 Å². The van der Waals surface area contributed by atoms with Gasteiger partial charge in [-0.15, -0.1) is 0 Å². The molecule has 1 aromatic rings. The molecule has 4 rings (SSSR count). The van der Waals surface area contributed by atoms with Gasteiger partial charge < -0.3 is 29.1 Å². The minimum Gasteiger partial charge on any atom is -0.457 e. The number of rotatable bonds is 6. The number of aliphatic hydroxyl groups is 1. The Morgan fingerprint density at radius 3 is 2.57 bits per heavy atom. The summed E-state index contributed by atoms with van der Waals surface area (Å²) in [6.07, 6.45) is 9.16. The number of anilines is 1. The van der Waals surface area contributed by atoms with Gasteiger partial charge >= 0.3 is 18.2 Å². The highest BCUT2D eigenvalue weighted by molar-refractivity contribution is 5.90. The number of carbonyl (C=O) groups excluding carboxylic acids is 3. The minimum absolute atomic E-state index is 0.0240. The second kappa shape index (κ2) is 16.5. The number of esters is 1. The van der Waals surface area contributed by atoms with E-state index < -0.39 is 23.9 Å². The van der Waals surface area contributed by atoms with E-state index in [2.05, 4.69) is 4.90 Å². The van der Waals surface area contributed by atoms with Gasteiger partial charge in [0, 0.05) is 51.0 Å². The van der Waals surface area contributed by atoms with E-state index in [1.165, 1.54) is 0 Å². The Morgan fingerprint density at radius 1 is 1.11 bits per heavy atom. The van der Waals surface area contributed by atoms with Gasteiger partial charge in [-0.1, -0.05) is 63.3 Å². The molecule has 6 atom stereocenters. The first-order valence-corrected chi connectivity index (χ1v) is 17.0. The maximum absolute atomic E-state index is 13.1. The Labute approximate surface area is 280 Å². The topological polar surface area (TPSA) is 109 Å². The van der Waals surface area contributed by atoms with Crippen molar-refractivity contribution in [3.8, 4) is 0 Å². The monoisotopic (exact) mass is 651 g/mol. The zero-order chi connectivity index (χ0) is 34.1. The number of likely N-dealkylation sites (N-methyl/N-ethyl adjacent to an activating group) is 1. The number of piperazine rings is 1. The van der Waals surface area contributed by atoms with Gasteiger partial charge in [-0.2, -0.15) is 0 Å². The Hall–Kier alpha value is -3.63. The molecule has 3 heterocycles. The summed E-state index contributed by atoms with van der Waals surface area (Å²) in [4.78, 5) is 44.3. The average Bonchev–Trinajstić information content (AvgIpc) is 3.47. The molecule has 0 aromatic heterocycles. The lowest BCUT2D eigenvalue weighted by Gasteiger charge is -2.36. The molecule has 0 bridgehead atoms. The first-order chi connectivity index (χ1) is 22.3. The van der Waals surface area contributed by atoms with E-state index in [1.54, 1.807) is 22.8 Å². The summed E-state index contributed by atoms with van der Waals surface area (Å²) in [5.41, 5.74) is 1.59. The fraction of sp³-hybridized carbons (Fsp3) is 0.595. The fourth-order valence-electron chi connectivity index (χ4n) is 6.15. The number of amides is 2. The van der Waals surface area contributed by atoms with Crippen molar-refractivity contribution in [3.05, 3.63) is 65.8 Å². The van der Waals surface area contributed by atoms with E-state index in [0.29, 0.717) is 32.5 Å². The van der Waals surface area contributed by atoms with Crippen LogP contribution in [0.1, 0.15) is 59.4 Å². The molecule has 1 N–H and O–H groups in total. The van der Waals surface area contributed by atoms with Crippen LogP contribution in [0.4, 0.5) is 15.3 Å². The van der Waals surface area contributed by atoms with Crippen molar-refractivity contribution in [2.24, 2.45) is 17.8 Å². The van der Waals surface area contributed by atoms with Crippen LogP contribution in [0.2, 0.25) is 0 Å². The van der Waals surface area contributed by atoms with Gasteiger partial charge in [-0.05, 0) is 69.4 Å². The van der Waals surface area contributed by atoms with E-state index in [-0.39, 0.29) is 42.8 Å². The predicted octanol–water partition coefficient (Wildman–Crippen LogP) is 5.75. The van der Waals surface area contributed by atoms with Gasteiger partial charge in [-0.25, -0.2) is 9.59 Å². The third-order valence-electron chi connectivity index (χ3n) is 9.41. The largest absolute Gasteiger partial charge is 0.457 e. The molecular weight excluding hydrogens is 598 g/mol.